The second kappa shape index (κ2) is 7.25. The van der Waals surface area contributed by atoms with E-state index in [9.17, 15) is 0 Å². The molecule has 4 nitrogen and oxygen atoms in total. The highest BCUT2D eigenvalue weighted by atomic mass is 16.5. The van der Waals surface area contributed by atoms with Gasteiger partial charge in [0.1, 0.15) is 18.1 Å². The fourth-order valence-corrected chi connectivity index (χ4v) is 2.23. The van der Waals surface area contributed by atoms with Gasteiger partial charge in [-0.3, -0.25) is 0 Å². The summed E-state index contributed by atoms with van der Waals surface area (Å²) >= 11 is 0. The molecule has 1 aromatic heterocycles. The molecule has 0 radical (unpaired) electrons. The molecule has 1 aliphatic rings. The lowest BCUT2D eigenvalue weighted by molar-refractivity contribution is 0.0858. The van der Waals surface area contributed by atoms with Gasteiger partial charge in [-0.1, -0.05) is 13.8 Å². The van der Waals surface area contributed by atoms with Crippen LogP contribution in [0.4, 0.5) is 0 Å². The average molecular weight is 280 g/mol. The number of furan rings is 1. The molecule has 0 aromatic carbocycles. The van der Waals surface area contributed by atoms with Crippen LogP contribution in [0, 0.1) is 6.92 Å². The van der Waals surface area contributed by atoms with E-state index in [-0.39, 0.29) is 0 Å². The summed E-state index contributed by atoms with van der Waals surface area (Å²) in [5, 5.41) is 3.41. The first-order valence-corrected chi connectivity index (χ1v) is 7.66. The van der Waals surface area contributed by atoms with E-state index in [0.717, 1.165) is 37.3 Å². The molecule has 1 N–H and O–H groups in total. The standard InChI is InChI=1S/C16H28N2O2/c1-12(2)17-10-14-9-16(20-13(14)3)11-19-8-7-18(4)15-5-6-15/h9,12,15,17H,5-8,10-11H2,1-4H3. The van der Waals surface area contributed by atoms with Crippen molar-refractivity contribution < 1.29 is 9.15 Å². The van der Waals surface area contributed by atoms with E-state index in [0.29, 0.717) is 12.6 Å². The highest BCUT2D eigenvalue weighted by Crippen LogP contribution is 2.24. The summed E-state index contributed by atoms with van der Waals surface area (Å²) in [6.45, 7) is 9.52. The first-order chi connectivity index (χ1) is 9.56. The predicted octanol–water partition coefficient (Wildman–Crippen LogP) is 2.70. The maximum absolute atomic E-state index is 5.74. The SMILES string of the molecule is Cc1oc(COCCN(C)C2CC2)cc1CNC(C)C. The van der Waals surface area contributed by atoms with Crippen LogP contribution in [0.1, 0.15) is 43.8 Å². The summed E-state index contributed by atoms with van der Waals surface area (Å²) in [7, 11) is 2.17. The Hall–Kier alpha value is -0.840. The minimum Gasteiger partial charge on any atom is -0.464 e. The maximum Gasteiger partial charge on any atom is 0.130 e. The molecule has 4 heteroatoms. The van der Waals surface area contributed by atoms with E-state index in [1.807, 2.05) is 6.92 Å². The van der Waals surface area contributed by atoms with Crippen LogP contribution < -0.4 is 5.32 Å². The third kappa shape index (κ3) is 4.93. The largest absolute Gasteiger partial charge is 0.464 e. The van der Waals surface area contributed by atoms with Crippen molar-refractivity contribution in [2.75, 3.05) is 20.2 Å². The summed E-state index contributed by atoms with van der Waals surface area (Å²) < 4.78 is 11.4. The molecule has 0 amide bonds. The normalized spacial score (nSPS) is 15.5. The van der Waals surface area contributed by atoms with Gasteiger partial charge in [0.25, 0.3) is 0 Å². The third-order valence-corrected chi connectivity index (χ3v) is 3.78. The third-order valence-electron chi connectivity index (χ3n) is 3.78. The van der Waals surface area contributed by atoms with Crippen molar-refractivity contribution in [1.29, 1.82) is 0 Å². The zero-order valence-corrected chi connectivity index (χ0v) is 13.2. The Balaban J connectivity index is 1.68. The molecule has 1 aliphatic carbocycles. The minimum atomic E-state index is 0.488. The molecule has 20 heavy (non-hydrogen) atoms. The molecule has 1 saturated carbocycles. The zero-order chi connectivity index (χ0) is 14.5. The molecule has 1 fully saturated rings. The smallest absolute Gasteiger partial charge is 0.130 e. The van der Waals surface area contributed by atoms with Crippen LogP contribution in [-0.4, -0.2) is 37.2 Å². The van der Waals surface area contributed by atoms with Gasteiger partial charge in [-0.2, -0.15) is 0 Å². The van der Waals surface area contributed by atoms with Gasteiger partial charge in [-0.15, -0.1) is 0 Å². The topological polar surface area (TPSA) is 37.6 Å². The van der Waals surface area contributed by atoms with Crippen LogP contribution in [0.2, 0.25) is 0 Å². The lowest BCUT2D eigenvalue weighted by Crippen LogP contribution is -2.25. The Kier molecular flexibility index (Phi) is 5.64. The van der Waals surface area contributed by atoms with Crippen LogP contribution in [0.5, 0.6) is 0 Å². The molecule has 0 atom stereocenters. The second-order valence-corrected chi connectivity index (χ2v) is 6.09. The van der Waals surface area contributed by atoms with E-state index in [2.05, 4.69) is 37.2 Å². The van der Waals surface area contributed by atoms with Crippen molar-refractivity contribution in [3.8, 4) is 0 Å². The van der Waals surface area contributed by atoms with Crippen molar-refractivity contribution in [3.05, 3.63) is 23.2 Å². The van der Waals surface area contributed by atoms with Crippen molar-refractivity contribution in [3.63, 3.8) is 0 Å². The molecule has 114 valence electrons. The predicted molar refractivity (Wildman–Crippen MR) is 80.7 cm³/mol. The molecule has 0 aliphatic heterocycles. The van der Waals surface area contributed by atoms with E-state index in [4.69, 9.17) is 9.15 Å². The quantitative estimate of drug-likeness (QED) is 0.706. The van der Waals surface area contributed by atoms with E-state index >= 15 is 0 Å². The molecule has 0 unspecified atom stereocenters. The Morgan fingerprint density at radius 3 is 2.85 bits per heavy atom. The van der Waals surface area contributed by atoms with Crippen LogP contribution in [-0.2, 0) is 17.9 Å². The summed E-state index contributed by atoms with van der Waals surface area (Å²) in [4.78, 5) is 2.38. The van der Waals surface area contributed by atoms with Crippen LogP contribution in [0.15, 0.2) is 10.5 Å². The summed E-state index contributed by atoms with van der Waals surface area (Å²) in [6.07, 6.45) is 2.69. The number of hydrogen-bond acceptors (Lipinski definition) is 4. The van der Waals surface area contributed by atoms with Gasteiger partial charge in [0.05, 0.1) is 6.61 Å². The van der Waals surface area contributed by atoms with Gasteiger partial charge in [0, 0.05) is 30.7 Å². The van der Waals surface area contributed by atoms with Crippen molar-refractivity contribution in [1.82, 2.24) is 10.2 Å². The molecule has 0 saturated heterocycles. The molecular weight excluding hydrogens is 252 g/mol. The van der Waals surface area contributed by atoms with Crippen LogP contribution in [0.3, 0.4) is 0 Å². The van der Waals surface area contributed by atoms with Crippen LogP contribution in [0.25, 0.3) is 0 Å². The Labute approximate surface area is 122 Å². The summed E-state index contributed by atoms with van der Waals surface area (Å²) in [5.74, 6) is 1.92. The van der Waals surface area contributed by atoms with Gasteiger partial charge in [-0.05, 0) is 32.9 Å². The van der Waals surface area contributed by atoms with E-state index < -0.39 is 0 Å². The molecular formula is C16H28N2O2. The number of hydrogen-bond donors (Lipinski definition) is 1. The second-order valence-electron chi connectivity index (χ2n) is 6.09. The first kappa shape index (κ1) is 15.5. The fourth-order valence-electron chi connectivity index (χ4n) is 2.23. The Bertz CT molecular complexity index is 411. The molecule has 2 rings (SSSR count). The van der Waals surface area contributed by atoms with Gasteiger partial charge in [0.2, 0.25) is 0 Å². The van der Waals surface area contributed by atoms with Gasteiger partial charge >= 0.3 is 0 Å². The Morgan fingerprint density at radius 2 is 2.20 bits per heavy atom. The number of likely N-dealkylation sites (N-methyl/N-ethyl adjacent to an activating group) is 1. The molecule has 0 bridgehead atoms. The number of nitrogens with one attached hydrogen (secondary N) is 1. The van der Waals surface area contributed by atoms with Gasteiger partial charge < -0.3 is 19.4 Å². The van der Waals surface area contributed by atoms with Gasteiger partial charge in [-0.25, -0.2) is 0 Å². The number of rotatable bonds is 9. The van der Waals surface area contributed by atoms with E-state index in [1.165, 1.54) is 18.4 Å². The molecule has 1 heterocycles. The Morgan fingerprint density at radius 1 is 1.45 bits per heavy atom. The molecule has 0 spiro atoms. The zero-order valence-electron chi connectivity index (χ0n) is 13.2. The maximum atomic E-state index is 5.74. The highest BCUT2D eigenvalue weighted by Gasteiger charge is 2.25. The minimum absolute atomic E-state index is 0.488. The summed E-state index contributed by atoms with van der Waals surface area (Å²) in [6, 6.07) is 3.40. The summed E-state index contributed by atoms with van der Waals surface area (Å²) in [5.41, 5.74) is 1.23. The first-order valence-electron chi connectivity index (χ1n) is 7.66. The number of aryl methyl sites for hydroxylation is 1. The van der Waals surface area contributed by atoms with Crippen molar-refractivity contribution in [2.24, 2.45) is 0 Å². The lowest BCUT2D eigenvalue weighted by atomic mass is 10.2. The van der Waals surface area contributed by atoms with Crippen LogP contribution >= 0.6 is 0 Å². The van der Waals surface area contributed by atoms with Gasteiger partial charge in [0.15, 0.2) is 0 Å². The number of nitrogens with zero attached hydrogens (tertiary/aromatic N) is 1. The fraction of sp³-hybridized carbons (Fsp3) is 0.750. The van der Waals surface area contributed by atoms with E-state index in [1.54, 1.807) is 0 Å². The monoisotopic (exact) mass is 280 g/mol. The number of ether oxygens (including phenoxy) is 1. The molecule has 1 aromatic rings. The average Bonchev–Trinajstić information content (AvgIpc) is 3.17. The highest BCUT2D eigenvalue weighted by molar-refractivity contribution is 5.20. The lowest BCUT2D eigenvalue weighted by Gasteiger charge is -2.14. The van der Waals surface area contributed by atoms with Crippen molar-refractivity contribution >= 4 is 0 Å². The van der Waals surface area contributed by atoms with Crippen molar-refractivity contribution in [2.45, 2.75) is 58.8 Å².